The van der Waals surface area contributed by atoms with Crippen molar-refractivity contribution in [3.63, 3.8) is 0 Å². The predicted molar refractivity (Wildman–Crippen MR) is 109 cm³/mol. The SMILES string of the molecule is O=C(c1ccccc1)N1CCc2nc(NS(=O)(=O)c3ccc(Cl)cc3)sc2C1. The van der Waals surface area contributed by atoms with Gasteiger partial charge in [0.25, 0.3) is 15.9 Å². The average molecular weight is 434 g/mol. The first-order chi connectivity index (χ1) is 13.4. The van der Waals surface area contributed by atoms with Gasteiger partial charge in [0.2, 0.25) is 0 Å². The number of thiazole rings is 1. The number of aromatic nitrogens is 1. The third kappa shape index (κ3) is 3.89. The molecule has 28 heavy (non-hydrogen) atoms. The van der Waals surface area contributed by atoms with E-state index in [2.05, 4.69) is 9.71 Å². The number of nitrogens with one attached hydrogen (secondary N) is 1. The van der Waals surface area contributed by atoms with Crippen LogP contribution in [0.3, 0.4) is 0 Å². The van der Waals surface area contributed by atoms with Crippen LogP contribution >= 0.6 is 22.9 Å². The van der Waals surface area contributed by atoms with Gasteiger partial charge >= 0.3 is 0 Å². The molecule has 1 aliphatic heterocycles. The Bertz CT molecular complexity index is 1110. The lowest BCUT2D eigenvalue weighted by atomic mass is 10.1. The van der Waals surface area contributed by atoms with E-state index in [1.54, 1.807) is 17.0 Å². The van der Waals surface area contributed by atoms with Gasteiger partial charge < -0.3 is 4.90 Å². The topological polar surface area (TPSA) is 79.4 Å². The van der Waals surface area contributed by atoms with Crippen LogP contribution in [-0.2, 0) is 23.0 Å². The molecular formula is C19H16ClN3O3S2. The van der Waals surface area contributed by atoms with Gasteiger partial charge in [-0.1, -0.05) is 41.1 Å². The fraction of sp³-hybridized carbons (Fsp3) is 0.158. The maximum absolute atomic E-state index is 12.6. The Morgan fingerprint density at radius 3 is 2.54 bits per heavy atom. The highest BCUT2D eigenvalue weighted by molar-refractivity contribution is 7.93. The van der Waals surface area contributed by atoms with Crippen LogP contribution in [-0.4, -0.2) is 30.8 Å². The molecule has 4 rings (SSSR count). The molecule has 0 atom stereocenters. The van der Waals surface area contributed by atoms with E-state index >= 15 is 0 Å². The number of anilines is 1. The van der Waals surface area contributed by atoms with Crippen LogP contribution in [0.4, 0.5) is 5.13 Å². The summed E-state index contributed by atoms with van der Waals surface area (Å²) in [6.07, 6.45) is 0.590. The van der Waals surface area contributed by atoms with Crippen molar-refractivity contribution in [2.24, 2.45) is 0 Å². The van der Waals surface area contributed by atoms with Gasteiger partial charge in [-0.3, -0.25) is 9.52 Å². The summed E-state index contributed by atoms with van der Waals surface area (Å²) in [4.78, 5) is 19.8. The molecule has 0 saturated heterocycles. The maximum atomic E-state index is 12.6. The number of fused-ring (bicyclic) bond motifs is 1. The smallest absolute Gasteiger partial charge is 0.263 e. The highest BCUT2D eigenvalue weighted by Gasteiger charge is 2.26. The molecule has 1 amide bonds. The molecule has 0 aliphatic carbocycles. The van der Waals surface area contributed by atoms with Crippen LogP contribution in [0.5, 0.6) is 0 Å². The highest BCUT2D eigenvalue weighted by Crippen LogP contribution is 2.30. The number of sulfonamides is 1. The summed E-state index contributed by atoms with van der Waals surface area (Å²) < 4.78 is 27.6. The van der Waals surface area contributed by atoms with Gasteiger partial charge in [0, 0.05) is 28.4 Å². The zero-order valence-corrected chi connectivity index (χ0v) is 17.0. The van der Waals surface area contributed by atoms with E-state index in [9.17, 15) is 13.2 Å². The van der Waals surface area contributed by atoms with Gasteiger partial charge in [-0.25, -0.2) is 13.4 Å². The van der Waals surface area contributed by atoms with E-state index in [1.807, 2.05) is 18.2 Å². The van der Waals surface area contributed by atoms with E-state index < -0.39 is 10.0 Å². The number of amides is 1. The molecule has 3 aromatic rings. The summed E-state index contributed by atoms with van der Waals surface area (Å²) >= 11 is 7.07. The zero-order valence-electron chi connectivity index (χ0n) is 14.6. The molecule has 1 aliphatic rings. The summed E-state index contributed by atoms with van der Waals surface area (Å²) in [6.45, 7) is 0.969. The molecule has 2 heterocycles. The molecule has 0 spiro atoms. The first-order valence-electron chi connectivity index (χ1n) is 8.54. The number of hydrogen-bond acceptors (Lipinski definition) is 5. The van der Waals surface area contributed by atoms with Crippen molar-refractivity contribution in [3.05, 3.63) is 75.8 Å². The Morgan fingerprint density at radius 2 is 1.82 bits per heavy atom. The van der Waals surface area contributed by atoms with Gasteiger partial charge in [-0.2, -0.15) is 0 Å². The second-order valence-corrected chi connectivity index (χ2v) is 9.49. The van der Waals surface area contributed by atoms with Crippen LogP contribution < -0.4 is 4.72 Å². The van der Waals surface area contributed by atoms with Crippen molar-refractivity contribution in [1.82, 2.24) is 9.88 Å². The van der Waals surface area contributed by atoms with Crippen molar-refractivity contribution in [1.29, 1.82) is 0 Å². The minimum absolute atomic E-state index is 0.0389. The number of carbonyl (C=O) groups is 1. The van der Waals surface area contributed by atoms with Gasteiger partial charge in [0.15, 0.2) is 5.13 Å². The lowest BCUT2D eigenvalue weighted by Crippen LogP contribution is -2.35. The minimum atomic E-state index is -3.74. The number of halogens is 1. The van der Waals surface area contributed by atoms with Gasteiger partial charge in [-0.05, 0) is 36.4 Å². The van der Waals surface area contributed by atoms with Gasteiger partial charge in [0.05, 0.1) is 17.1 Å². The predicted octanol–water partition coefficient (Wildman–Crippen LogP) is 3.80. The van der Waals surface area contributed by atoms with Crippen molar-refractivity contribution in [2.75, 3.05) is 11.3 Å². The van der Waals surface area contributed by atoms with Crippen LogP contribution in [0.25, 0.3) is 0 Å². The van der Waals surface area contributed by atoms with Gasteiger partial charge in [-0.15, -0.1) is 0 Å². The summed E-state index contributed by atoms with van der Waals surface area (Å²) in [7, 11) is -3.74. The Labute approximate surface area is 171 Å². The largest absolute Gasteiger partial charge is 0.333 e. The van der Waals surface area contributed by atoms with E-state index in [4.69, 9.17) is 11.6 Å². The number of nitrogens with zero attached hydrogens (tertiary/aromatic N) is 2. The molecule has 9 heteroatoms. The van der Waals surface area contributed by atoms with Crippen molar-refractivity contribution >= 4 is 44.0 Å². The maximum Gasteiger partial charge on any atom is 0.263 e. The van der Waals surface area contributed by atoms with Crippen molar-refractivity contribution in [3.8, 4) is 0 Å². The summed E-state index contributed by atoms with van der Waals surface area (Å²) in [5.74, 6) is -0.0389. The first-order valence-corrected chi connectivity index (χ1v) is 11.2. The molecule has 1 N–H and O–H groups in total. The first kappa shape index (κ1) is 18.9. The van der Waals surface area contributed by atoms with Crippen LogP contribution in [0.2, 0.25) is 5.02 Å². The molecule has 0 saturated carbocycles. The number of hydrogen-bond donors (Lipinski definition) is 1. The molecule has 0 bridgehead atoms. The zero-order chi connectivity index (χ0) is 19.7. The molecule has 1 aromatic heterocycles. The molecule has 0 unspecified atom stereocenters. The van der Waals surface area contributed by atoms with Crippen molar-refractivity contribution < 1.29 is 13.2 Å². The highest BCUT2D eigenvalue weighted by atomic mass is 35.5. The van der Waals surface area contributed by atoms with Crippen LogP contribution in [0.1, 0.15) is 20.9 Å². The fourth-order valence-corrected chi connectivity index (χ4v) is 5.35. The monoisotopic (exact) mass is 433 g/mol. The number of carbonyl (C=O) groups excluding carboxylic acids is 1. The molecule has 144 valence electrons. The number of rotatable bonds is 4. The average Bonchev–Trinajstić information content (AvgIpc) is 3.09. The molecule has 2 aromatic carbocycles. The van der Waals surface area contributed by atoms with E-state index in [1.165, 1.54) is 35.6 Å². The van der Waals surface area contributed by atoms with E-state index in [0.29, 0.717) is 35.2 Å². The molecule has 0 fully saturated rings. The fourth-order valence-electron chi connectivity index (χ4n) is 2.96. The van der Waals surface area contributed by atoms with E-state index in [-0.39, 0.29) is 10.8 Å². The standard InChI is InChI=1S/C19H16ClN3O3S2/c20-14-6-8-15(9-7-14)28(25,26)22-19-21-16-10-11-23(12-17(16)27-19)18(24)13-4-2-1-3-5-13/h1-9H,10-12H2,(H,21,22). The quantitative estimate of drug-likeness (QED) is 0.678. The molecule has 0 radical (unpaired) electrons. The van der Waals surface area contributed by atoms with Crippen LogP contribution in [0.15, 0.2) is 59.5 Å². The number of benzene rings is 2. The lowest BCUT2D eigenvalue weighted by molar-refractivity contribution is 0.0736. The summed E-state index contributed by atoms with van der Waals surface area (Å²) in [5, 5.41) is 0.765. The summed E-state index contributed by atoms with van der Waals surface area (Å²) in [6, 6.07) is 15.0. The second kappa shape index (κ2) is 7.54. The Morgan fingerprint density at radius 1 is 1.11 bits per heavy atom. The Hall–Kier alpha value is -2.42. The summed E-state index contributed by atoms with van der Waals surface area (Å²) in [5.41, 5.74) is 1.47. The third-order valence-corrected chi connectivity index (χ3v) is 7.12. The van der Waals surface area contributed by atoms with Gasteiger partial charge in [0.1, 0.15) is 0 Å². The Kier molecular flexibility index (Phi) is 5.09. The Balaban J connectivity index is 1.51. The lowest BCUT2D eigenvalue weighted by Gasteiger charge is -2.26. The van der Waals surface area contributed by atoms with Crippen molar-refractivity contribution in [2.45, 2.75) is 17.9 Å². The van der Waals surface area contributed by atoms with E-state index in [0.717, 1.165) is 10.6 Å². The minimum Gasteiger partial charge on any atom is -0.333 e. The third-order valence-electron chi connectivity index (χ3n) is 4.38. The van der Waals surface area contributed by atoms with Crippen LogP contribution in [0, 0.1) is 0 Å². The normalized spacial score (nSPS) is 13.8. The molecule has 6 nitrogen and oxygen atoms in total. The molecular weight excluding hydrogens is 418 g/mol. The second-order valence-electron chi connectivity index (χ2n) is 6.29.